The molecule has 1 aliphatic heterocycles. The Bertz CT molecular complexity index is 2200. The molecule has 3 atom stereocenters. The molecule has 0 amide bonds. The van der Waals surface area contributed by atoms with E-state index in [1.807, 2.05) is 27.7 Å². The fourth-order valence-corrected chi connectivity index (χ4v) is 8.06. The number of fused-ring (bicyclic) bond motifs is 4. The molecule has 2 aromatic heterocycles. The summed E-state index contributed by atoms with van der Waals surface area (Å²) in [6.07, 6.45) is 30.3. The maximum atomic E-state index is 5.27. The number of nitrogens with zero attached hydrogens (tertiary/aromatic N) is 3. The quantitative estimate of drug-likeness (QED) is 0.167. The van der Waals surface area contributed by atoms with E-state index in [2.05, 4.69) is 176 Å². The first-order valence-corrected chi connectivity index (χ1v) is 19.8. The fraction of sp³-hybridized carbons (Fsp3) is 0.260. The molecule has 5 aromatic rings. The largest absolute Gasteiger partial charge is 0.309 e. The number of quaternary nitrogens is 1. The monoisotopic (exact) mass is 698 g/mol. The number of hydrogen-bond donors (Lipinski definition) is 0. The van der Waals surface area contributed by atoms with E-state index < -0.39 is 0 Å². The average Bonchev–Trinajstić information content (AvgIpc) is 3.37. The van der Waals surface area contributed by atoms with Gasteiger partial charge in [0.05, 0.1) is 24.0 Å². The summed E-state index contributed by atoms with van der Waals surface area (Å²) in [7, 11) is 2.44. The highest BCUT2D eigenvalue weighted by molar-refractivity contribution is 5.96. The smallest absolute Gasteiger partial charge is 0.137 e. The van der Waals surface area contributed by atoms with Crippen molar-refractivity contribution >= 4 is 28.7 Å². The summed E-state index contributed by atoms with van der Waals surface area (Å²) < 4.78 is 3.26. The van der Waals surface area contributed by atoms with Crippen LogP contribution in [0.5, 0.6) is 0 Å². The van der Waals surface area contributed by atoms with Gasteiger partial charge in [-0.2, -0.15) is 0 Å². The molecule has 3 heteroatoms. The second-order valence-corrected chi connectivity index (χ2v) is 13.8. The van der Waals surface area contributed by atoms with E-state index in [0.29, 0.717) is 12.1 Å². The standard InChI is InChI=1S/C46H44N3.2C2H6/c1-34-17-5-3-6-19-36-20-10-14-30-46(36)49(34,2)40-24-11-9-18-35(32-40)31-38-22-16-27-43(47-38)37-21-15-23-39(33-37)48-44-28-8-4-7-25-41(44)42-26-12-13-29-45(42)48;2*1-2/h3,5-10,12-18,20-23,25-30,32-34,40H,4,11,19,24,31H2,1-2H3;2*1-2H3/q+1;;/b6-3-,17-5-;;. The number of para-hydroxylation sites is 2. The van der Waals surface area contributed by atoms with Gasteiger partial charge in [-0.1, -0.05) is 131 Å². The number of aromatic nitrogens is 2. The van der Waals surface area contributed by atoms with Gasteiger partial charge in [-0.25, -0.2) is 0 Å². The Labute approximate surface area is 318 Å². The van der Waals surface area contributed by atoms with Gasteiger partial charge in [0.2, 0.25) is 0 Å². The van der Waals surface area contributed by atoms with Crippen LogP contribution in [0.3, 0.4) is 0 Å². The zero-order valence-corrected chi connectivity index (χ0v) is 32.5. The van der Waals surface area contributed by atoms with Crippen LogP contribution in [0, 0.1) is 0 Å². The third-order valence-corrected chi connectivity index (χ3v) is 10.8. The lowest BCUT2D eigenvalue weighted by molar-refractivity contribution is 0.237. The van der Waals surface area contributed by atoms with Crippen molar-refractivity contribution in [2.75, 3.05) is 7.05 Å². The van der Waals surface area contributed by atoms with Crippen molar-refractivity contribution in [1.29, 1.82) is 0 Å². The normalized spacial score (nSPS) is 21.4. The molecule has 8 rings (SSSR count). The van der Waals surface area contributed by atoms with Crippen molar-refractivity contribution in [2.45, 2.75) is 78.8 Å². The minimum absolute atomic E-state index is 0.331. The van der Waals surface area contributed by atoms with Gasteiger partial charge < -0.3 is 4.57 Å². The summed E-state index contributed by atoms with van der Waals surface area (Å²) in [5.41, 5.74) is 12.3. The fourth-order valence-electron chi connectivity index (χ4n) is 8.06. The van der Waals surface area contributed by atoms with Crippen molar-refractivity contribution in [2.24, 2.45) is 0 Å². The highest BCUT2D eigenvalue weighted by Crippen LogP contribution is 2.38. The highest BCUT2D eigenvalue weighted by atomic mass is 15.4. The maximum Gasteiger partial charge on any atom is 0.137 e. The molecule has 3 heterocycles. The van der Waals surface area contributed by atoms with Crippen LogP contribution in [0.15, 0.2) is 151 Å². The van der Waals surface area contributed by atoms with E-state index >= 15 is 0 Å². The molecule has 3 aromatic carbocycles. The van der Waals surface area contributed by atoms with Gasteiger partial charge >= 0.3 is 0 Å². The van der Waals surface area contributed by atoms with Crippen LogP contribution in [0.1, 0.15) is 76.4 Å². The summed E-state index contributed by atoms with van der Waals surface area (Å²) in [6.45, 7) is 10.4. The first-order valence-electron chi connectivity index (χ1n) is 19.8. The maximum absolute atomic E-state index is 5.27. The zero-order chi connectivity index (χ0) is 37.2. The molecule has 270 valence electrons. The lowest BCUT2D eigenvalue weighted by Gasteiger charge is -2.44. The van der Waals surface area contributed by atoms with Gasteiger partial charge in [-0.15, -0.1) is 0 Å². The second kappa shape index (κ2) is 17.5. The van der Waals surface area contributed by atoms with E-state index in [4.69, 9.17) is 4.98 Å². The van der Waals surface area contributed by atoms with E-state index in [0.717, 1.165) is 59.2 Å². The molecule has 0 radical (unpaired) electrons. The summed E-state index contributed by atoms with van der Waals surface area (Å²) in [6, 6.07) is 33.8. The average molecular weight is 699 g/mol. The molecule has 0 bridgehead atoms. The van der Waals surface area contributed by atoms with Gasteiger partial charge in [-0.05, 0) is 86.4 Å². The molecular formula is C50H56N3+. The molecule has 53 heavy (non-hydrogen) atoms. The summed E-state index contributed by atoms with van der Waals surface area (Å²) in [4.78, 5) is 5.27. The predicted octanol–water partition coefficient (Wildman–Crippen LogP) is 13.1. The van der Waals surface area contributed by atoms with E-state index in [1.165, 1.54) is 39.0 Å². The van der Waals surface area contributed by atoms with Crippen LogP contribution in [0.4, 0.5) is 5.69 Å². The number of rotatable bonds is 5. The highest BCUT2D eigenvalue weighted by Gasteiger charge is 2.39. The van der Waals surface area contributed by atoms with E-state index in [-0.39, 0.29) is 0 Å². The summed E-state index contributed by atoms with van der Waals surface area (Å²) >= 11 is 0. The van der Waals surface area contributed by atoms with Crippen LogP contribution in [-0.4, -0.2) is 28.7 Å². The molecule has 2 aliphatic carbocycles. The van der Waals surface area contributed by atoms with Gasteiger partial charge in [-0.3, -0.25) is 9.47 Å². The Balaban J connectivity index is 0.00000116. The number of allylic oxidation sites excluding steroid dienone is 8. The topological polar surface area (TPSA) is 17.8 Å². The van der Waals surface area contributed by atoms with Gasteiger partial charge in [0.15, 0.2) is 0 Å². The van der Waals surface area contributed by atoms with E-state index in [1.54, 1.807) is 0 Å². The van der Waals surface area contributed by atoms with Gasteiger partial charge in [0, 0.05) is 46.3 Å². The Morgan fingerprint density at radius 3 is 2.45 bits per heavy atom. The Hall–Kier alpha value is -5.25. The molecule has 0 saturated heterocycles. The van der Waals surface area contributed by atoms with Crippen molar-refractivity contribution < 1.29 is 0 Å². The van der Waals surface area contributed by atoms with Crippen LogP contribution >= 0.6 is 0 Å². The SMILES string of the molecule is CC.CC.CC1/C=C\C=C/Cc2ccccc2[N+]1(C)C1C=C(Cc2cccc(-c3cccc(-n4c5c(c6ccccc64)C=CCC=C5)c3)n2)C=CCC1. The predicted molar refractivity (Wildman–Crippen MR) is 231 cm³/mol. The molecule has 0 saturated carbocycles. The third kappa shape index (κ3) is 7.77. The Morgan fingerprint density at radius 1 is 0.774 bits per heavy atom. The minimum atomic E-state index is 0.331. The van der Waals surface area contributed by atoms with Gasteiger partial charge in [0.25, 0.3) is 0 Å². The van der Waals surface area contributed by atoms with Gasteiger partial charge in [0.1, 0.15) is 17.8 Å². The minimum Gasteiger partial charge on any atom is -0.309 e. The molecule has 0 spiro atoms. The summed E-state index contributed by atoms with van der Waals surface area (Å²) in [5, 5.41) is 1.28. The second-order valence-electron chi connectivity index (χ2n) is 13.8. The van der Waals surface area contributed by atoms with Crippen LogP contribution in [-0.2, 0) is 12.8 Å². The number of likely N-dealkylation sites (N-methyl/N-ethyl adjacent to an activating group) is 1. The molecule has 0 N–H and O–H groups in total. The molecule has 3 aliphatic rings. The molecule has 3 nitrogen and oxygen atoms in total. The van der Waals surface area contributed by atoms with Crippen molar-refractivity contribution in [3.8, 4) is 16.9 Å². The molecule has 3 unspecified atom stereocenters. The van der Waals surface area contributed by atoms with Crippen LogP contribution in [0.25, 0.3) is 40.0 Å². The number of hydrogen-bond acceptors (Lipinski definition) is 1. The third-order valence-electron chi connectivity index (χ3n) is 10.8. The molecule has 0 fully saturated rings. The lowest BCUT2D eigenvalue weighted by atomic mass is 9.97. The van der Waals surface area contributed by atoms with E-state index in [9.17, 15) is 0 Å². The Kier molecular flexibility index (Phi) is 12.4. The van der Waals surface area contributed by atoms with Crippen molar-refractivity contribution in [3.05, 3.63) is 174 Å². The molecular weight excluding hydrogens is 643 g/mol. The van der Waals surface area contributed by atoms with Crippen molar-refractivity contribution in [3.63, 3.8) is 0 Å². The van der Waals surface area contributed by atoms with Crippen LogP contribution < -0.4 is 4.48 Å². The summed E-state index contributed by atoms with van der Waals surface area (Å²) in [5.74, 6) is 0. The Morgan fingerprint density at radius 2 is 1.57 bits per heavy atom. The zero-order valence-electron chi connectivity index (χ0n) is 32.5. The van der Waals surface area contributed by atoms with Crippen LogP contribution in [0.2, 0.25) is 0 Å². The number of pyridine rings is 1. The van der Waals surface area contributed by atoms with Crippen molar-refractivity contribution in [1.82, 2.24) is 14.0 Å². The first-order chi connectivity index (χ1) is 26.1. The number of benzene rings is 3. The lowest BCUT2D eigenvalue weighted by Crippen LogP contribution is -2.58. The first kappa shape index (κ1) is 37.5.